The fraction of sp³-hybridized carbons (Fsp3) is 0.190. The van der Waals surface area contributed by atoms with Gasteiger partial charge in [0.15, 0.2) is 0 Å². The van der Waals surface area contributed by atoms with Gasteiger partial charge in [-0.2, -0.15) is 0 Å². The molecule has 0 unspecified atom stereocenters. The highest BCUT2D eigenvalue weighted by atomic mass is 19.0. The molecule has 1 aliphatic heterocycles. The Morgan fingerprint density at radius 2 is 1.72 bits per heavy atom. The van der Waals surface area contributed by atoms with Crippen LogP contribution in [0.15, 0.2) is 60.7 Å². The number of nitrogens with zero attached hydrogens (tertiary/aromatic N) is 1. The van der Waals surface area contributed by atoms with Crippen LogP contribution in [0.3, 0.4) is 0 Å². The Morgan fingerprint density at radius 1 is 1.03 bits per heavy atom. The summed E-state index contributed by atoms with van der Waals surface area (Å²) in [5, 5.41) is 5.45. The number of nitrogens with one attached hydrogen (secondary N) is 1. The second-order valence-corrected chi connectivity index (χ2v) is 6.40. The van der Waals surface area contributed by atoms with Crippen LogP contribution < -0.4 is 20.7 Å². The number of para-hydroxylation sites is 2. The molecule has 0 spiro atoms. The van der Waals surface area contributed by atoms with E-state index in [1.54, 1.807) is 12.0 Å². The van der Waals surface area contributed by atoms with Crippen LogP contribution in [0.4, 0.5) is 25.5 Å². The minimum atomic E-state index is -0.594. The Morgan fingerprint density at radius 3 is 2.48 bits per heavy atom. The second kappa shape index (κ2) is 9.79. The van der Waals surface area contributed by atoms with Gasteiger partial charge in [0.2, 0.25) is 5.91 Å². The van der Waals surface area contributed by atoms with Gasteiger partial charge in [0.25, 0.3) is 0 Å². The molecule has 0 fully saturated rings. The molecule has 1 atom stereocenters. The fourth-order valence-corrected chi connectivity index (χ4v) is 3.48. The van der Waals surface area contributed by atoms with Gasteiger partial charge in [-0.1, -0.05) is 42.5 Å². The minimum absolute atomic E-state index is 0. The maximum absolute atomic E-state index is 13.0. The molecule has 0 radical (unpaired) electrons. The summed E-state index contributed by atoms with van der Waals surface area (Å²) in [4.78, 5) is 14.7. The molecular formula is C21H24F3N3O2. The van der Waals surface area contributed by atoms with Crippen molar-refractivity contribution in [1.29, 1.82) is 0 Å². The number of fused-ring (bicyclic) bond motifs is 2. The number of hydrogen-bond donors (Lipinski definition) is 2. The Balaban J connectivity index is 0.00000140. The average Bonchev–Trinajstić information content (AvgIpc) is 2.80. The number of ether oxygens (including phenoxy) is 1. The molecule has 1 amide bonds. The van der Waals surface area contributed by atoms with Crippen molar-refractivity contribution in [1.82, 2.24) is 0 Å². The molecule has 3 N–H and O–H groups in total. The van der Waals surface area contributed by atoms with Gasteiger partial charge in [-0.05, 0) is 29.0 Å². The third-order valence-corrected chi connectivity index (χ3v) is 4.82. The van der Waals surface area contributed by atoms with Crippen molar-refractivity contribution in [2.24, 2.45) is 5.73 Å². The average molecular weight is 407 g/mol. The summed E-state index contributed by atoms with van der Waals surface area (Å²) >= 11 is 0. The van der Waals surface area contributed by atoms with E-state index in [9.17, 15) is 4.79 Å². The summed E-state index contributed by atoms with van der Waals surface area (Å²) < 4.78 is 5.59. The van der Waals surface area contributed by atoms with Crippen LogP contribution in [0.2, 0.25) is 0 Å². The highest BCUT2D eigenvalue weighted by Gasteiger charge is 2.28. The third kappa shape index (κ3) is 4.27. The highest BCUT2D eigenvalue weighted by molar-refractivity contribution is 6.02. The molecule has 0 saturated carbocycles. The van der Waals surface area contributed by atoms with Crippen LogP contribution in [-0.4, -0.2) is 25.6 Å². The SMILES string of the molecule is COc1ccc2ccccc2c1CN1C(=O)[C@@H](N)CNc2ccccc21.F.F.F. The van der Waals surface area contributed by atoms with Gasteiger partial charge in [-0.25, -0.2) is 0 Å². The van der Waals surface area contributed by atoms with E-state index < -0.39 is 6.04 Å². The van der Waals surface area contributed by atoms with Gasteiger partial charge in [0.05, 0.1) is 25.0 Å². The largest absolute Gasteiger partial charge is 0.496 e. The number of halogens is 3. The van der Waals surface area contributed by atoms with Crippen molar-refractivity contribution in [2.75, 3.05) is 23.9 Å². The number of carbonyl (C=O) groups is 1. The van der Waals surface area contributed by atoms with Crippen molar-refractivity contribution in [3.63, 3.8) is 0 Å². The number of carbonyl (C=O) groups excluding carboxylic acids is 1. The lowest BCUT2D eigenvalue weighted by molar-refractivity contribution is -0.119. The molecule has 1 aliphatic rings. The zero-order chi connectivity index (χ0) is 18.1. The first-order valence-electron chi connectivity index (χ1n) is 8.63. The molecule has 0 aromatic heterocycles. The van der Waals surface area contributed by atoms with Crippen molar-refractivity contribution < 1.29 is 23.6 Å². The van der Waals surface area contributed by atoms with Crippen molar-refractivity contribution in [3.05, 3.63) is 66.2 Å². The zero-order valence-electron chi connectivity index (χ0n) is 15.8. The number of rotatable bonds is 3. The summed E-state index contributed by atoms with van der Waals surface area (Å²) in [6.45, 7) is 0.814. The molecule has 4 rings (SSSR count). The van der Waals surface area contributed by atoms with Gasteiger partial charge in [-0.15, -0.1) is 0 Å². The van der Waals surface area contributed by atoms with Gasteiger partial charge in [0.1, 0.15) is 11.8 Å². The van der Waals surface area contributed by atoms with E-state index in [1.165, 1.54) is 0 Å². The lowest BCUT2D eigenvalue weighted by Crippen LogP contribution is -2.45. The first-order valence-corrected chi connectivity index (χ1v) is 8.63. The van der Waals surface area contributed by atoms with E-state index in [-0.39, 0.29) is 20.0 Å². The number of hydrogen-bond acceptors (Lipinski definition) is 4. The molecule has 0 bridgehead atoms. The quantitative estimate of drug-likeness (QED) is 0.696. The number of methoxy groups -OCH3 is 1. The van der Waals surface area contributed by atoms with Gasteiger partial charge >= 0.3 is 0 Å². The van der Waals surface area contributed by atoms with Crippen LogP contribution in [0.1, 0.15) is 5.56 Å². The van der Waals surface area contributed by atoms with Crippen LogP contribution >= 0.6 is 0 Å². The van der Waals surface area contributed by atoms with E-state index in [0.717, 1.165) is 33.5 Å². The van der Waals surface area contributed by atoms with Crippen LogP contribution in [0.25, 0.3) is 10.8 Å². The van der Waals surface area contributed by atoms with Crippen molar-refractivity contribution in [2.45, 2.75) is 12.6 Å². The number of amides is 1. The Labute approximate surface area is 166 Å². The Kier molecular flexibility index (Phi) is 8.03. The van der Waals surface area contributed by atoms with E-state index in [2.05, 4.69) is 17.4 Å². The Bertz CT molecular complexity index is 984. The Hall–Kier alpha value is -3.26. The maximum atomic E-state index is 13.0. The van der Waals surface area contributed by atoms with Gasteiger partial charge < -0.3 is 20.7 Å². The molecule has 5 nitrogen and oxygen atoms in total. The van der Waals surface area contributed by atoms with E-state index in [0.29, 0.717) is 13.1 Å². The number of anilines is 2. The predicted molar refractivity (Wildman–Crippen MR) is 112 cm³/mol. The molecule has 3 aromatic rings. The lowest BCUT2D eigenvalue weighted by Gasteiger charge is -2.25. The third-order valence-electron chi connectivity index (χ3n) is 4.82. The summed E-state index contributed by atoms with van der Waals surface area (Å²) in [7, 11) is 1.65. The van der Waals surface area contributed by atoms with Gasteiger partial charge in [-0.3, -0.25) is 18.9 Å². The van der Waals surface area contributed by atoms with Gasteiger partial charge in [0, 0.05) is 12.1 Å². The minimum Gasteiger partial charge on any atom is -0.496 e. The van der Waals surface area contributed by atoms with Crippen molar-refractivity contribution in [3.8, 4) is 5.75 Å². The maximum Gasteiger partial charge on any atom is 0.246 e. The first kappa shape index (κ1) is 23.8. The summed E-state index contributed by atoms with van der Waals surface area (Å²) in [5.41, 5.74) is 8.82. The van der Waals surface area contributed by atoms with E-state index in [4.69, 9.17) is 10.5 Å². The molecule has 3 aromatic carbocycles. The molecule has 8 heteroatoms. The first-order chi connectivity index (χ1) is 12.7. The number of nitrogens with two attached hydrogens (primary N) is 1. The summed E-state index contributed by atoms with van der Waals surface area (Å²) in [6, 6.07) is 19.3. The fourth-order valence-electron chi connectivity index (χ4n) is 3.48. The van der Waals surface area contributed by atoms with Crippen molar-refractivity contribution >= 4 is 28.1 Å². The van der Waals surface area contributed by atoms with Crippen LogP contribution in [-0.2, 0) is 11.3 Å². The standard InChI is InChI=1S/C21H21N3O2.3FH/c1-26-20-11-10-14-6-2-3-7-15(14)16(20)13-24-19-9-5-4-8-18(19)23-12-17(22)21(24)25;;;/h2-11,17,23H,12-13,22H2,1H3;3*1H/t17-;;;/m0.../s1. The van der Waals surface area contributed by atoms with E-state index in [1.807, 2.05) is 48.5 Å². The topological polar surface area (TPSA) is 67.6 Å². The zero-order valence-corrected chi connectivity index (χ0v) is 15.8. The van der Waals surface area contributed by atoms with Crippen LogP contribution in [0, 0.1) is 0 Å². The molecular weight excluding hydrogens is 383 g/mol. The molecule has 0 aliphatic carbocycles. The molecule has 1 heterocycles. The summed E-state index contributed by atoms with van der Waals surface area (Å²) in [5.74, 6) is 0.664. The second-order valence-electron chi connectivity index (χ2n) is 6.40. The normalized spacial score (nSPS) is 15.0. The predicted octanol–water partition coefficient (Wildman–Crippen LogP) is 3.59. The highest BCUT2D eigenvalue weighted by Crippen LogP contribution is 2.34. The monoisotopic (exact) mass is 407 g/mol. The molecule has 0 saturated heterocycles. The molecule has 156 valence electrons. The van der Waals surface area contributed by atoms with Crippen LogP contribution in [0.5, 0.6) is 5.75 Å². The smallest absolute Gasteiger partial charge is 0.246 e. The lowest BCUT2D eigenvalue weighted by atomic mass is 10.0. The molecule has 29 heavy (non-hydrogen) atoms. The van der Waals surface area contributed by atoms with E-state index >= 15 is 0 Å². The summed E-state index contributed by atoms with van der Waals surface area (Å²) in [6.07, 6.45) is 0. The number of benzene rings is 3.